The minimum Gasteiger partial charge on any atom is -0.479 e. The van der Waals surface area contributed by atoms with Crippen LogP contribution in [0.1, 0.15) is 33.3 Å². The van der Waals surface area contributed by atoms with E-state index in [-0.39, 0.29) is 17.3 Å². The van der Waals surface area contributed by atoms with Crippen molar-refractivity contribution in [3.63, 3.8) is 0 Å². The fraction of sp³-hybridized carbons (Fsp3) is 0.500. The molecule has 118 valence electrons. The van der Waals surface area contributed by atoms with Crippen molar-refractivity contribution in [2.45, 2.75) is 45.5 Å². The monoisotopic (exact) mass is 304 g/mol. The molecule has 0 aliphatic rings. The van der Waals surface area contributed by atoms with Gasteiger partial charge in [0.1, 0.15) is 5.75 Å². The summed E-state index contributed by atoms with van der Waals surface area (Å²) in [7, 11) is 0. The highest BCUT2D eigenvalue weighted by Crippen LogP contribution is 2.33. The van der Waals surface area contributed by atoms with Gasteiger partial charge in [-0.1, -0.05) is 0 Å². The SMILES string of the molecule is CC(Oc1ccc(C(F)(F)F)cc1N)C(=O)NC(C)(C)C. The molecule has 0 aliphatic heterocycles. The van der Waals surface area contributed by atoms with Crippen LogP contribution in [0, 0.1) is 0 Å². The third kappa shape index (κ3) is 5.17. The average Bonchev–Trinajstić information content (AvgIpc) is 2.27. The molecule has 0 aliphatic carbocycles. The molecule has 3 N–H and O–H groups in total. The number of nitrogens with two attached hydrogens (primary N) is 1. The van der Waals surface area contributed by atoms with Gasteiger partial charge < -0.3 is 15.8 Å². The van der Waals surface area contributed by atoms with E-state index in [0.717, 1.165) is 18.2 Å². The zero-order chi connectivity index (χ0) is 16.4. The summed E-state index contributed by atoms with van der Waals surface area (Å²) in [5.41, 5.74) is 4.08. The molecule has 0 bridgehead atoms. The van der Waals surface area contributed by atoms with Crippen LogP contribution in [0.25, 0.3) is 0 Å². The lowest BCUT2D eigenvalue weighted by Crippen LogP contribution is -2.46. The van der Waals surface area contributed by atoms with Gasteiger partial charge in [0.2, 0.25) is 0 Å². The number of alkyl halides is 3. The first-order valence-electron chi connectivity index (χ1n) is 6.35. The number of nitrogens with one attached hydrogen (secondary N) is 1. The minimum atomic E-state index is -4.47. The summed E-state index contributed by atoms with van der Waals surface area (Å²) in [4.78, 5) is 11.8. The number of benzene rings is 1. The second kappa shape index (κ2) is 5.83. The smallest absolute Gasteiger partial charge is 0.416 e. The lowest BCUT2D eigenvalue weighted by atomic mass is 10.1. The van der Waals surface area contributed by atoms with Gasteiger partial charge in [0.05, 0.1) is 11.3 Å². The van der Waals surface area contributed by atoms with Crippen molar-refractivity contribution in [2.24, 2.45) is 0 Å². The van der Waals surface area contributed by atoms with Gasteiger partial charge in [0.25, 0.3) is 5.91 Å². The summed E-state index contributed by atoms with van der Waals surface area (Å²) < 4.78 is 42.9. The molecule has 1 atom stereocenters. The first-order chi connectivity index (χ1) is 9.40. The van der Waals surface area contributed by atoms with Gasteiger partial charge in [0.15, 0.2) is 6.10 Å². The van der Waals surface area contributed by atoms with Gasteiger partial charge in [0, 0.05) is 5.54 Å². The minimum absolute atomic E-state index is 0.0413. The van der Waals surface area contributed by atoms with Crippen molar-refractivity contribution >= 4 is 11.6 Å². The van der Waals surface area contributed by atoms with E-state index in [0.29, 0.717) is 0 Å². The predicted octanol–water partition coefficient (Wildman–Crippen LogP) is 2.97. The Morgan fingerprint density at radius 3 is 2.29 bits per heavy atom. The molecule has 1 rings (SSSR count). The van der Waals surface area contributed by atoms with E-state index in [2.05, 4.69) is 5.32 Å². The standard InChI is InChI=1S/C14H19F3N2O2/c1-8(12(20)19-13(2,3)4)21-11-6-5-9(7-10(11)18)14(15,16)17/h5-8H,18H2,1-4H3,(H,19,20). The van der Waals surface area contributed by atoms with Crippen LogP contribution in [0.15, 0.2) is 18.2 Å². The quantitative estimate of drug-likeness (QED) is 0.844. The number of carbonyl (C=O) groups is 1. The molecular weight excluding hydrogens is 285 g/mol. The molecule has 1 amide bonds. The van der Waals surface area contributed by atoms with Gasteiger partial charge in [-0.2, -0.15) is 13.2 Å². The van der Waals surface area contributed by atoms with Crippen molar-refractivity contribution in [3.8, 4) is 5.75 Å². The molecule has 1 aromatic rings. The normalized spacial score (nSPS) is 13.7. The van der Waals surface area contributed by atoms with Crippen molar-refractivity contribution < 1.29 is 22.7 Å². The molecule has 1 aromatic carbocycles. The maximum atomic E-state index is 12.5. The zero-order valence-electron chi connectivity index (χ0n) is 12.3. The van der Waals surface area contributed by atoms with Gasteiger partial charge in [-0.15, -0.1) is 0 Å². The molecular formula is C14H19F3N2O2. The summed E-state index contributed by atoms with van der Waals surface area (Å²) in [6, 6.07) is 2.75. The fourth-order valence-electron chi connectivity index (χ4n) is 1.55. The summed E-state index contributed by atoms with van der Waals surface area (Å²) in [5, 5.41) is 2.71. The van der Waals surface area contributed by atoms with Gasteiger partial charge in [-0.25, -0.2) is 0 Å². The Balaban J connectivity index is 2.82. The molecule has 21 heavy (non-hydrogen) atoms. The van der Waals surface area contributed by atoms with Crippen LogP contribution in [0.5, 0.6) is 5.75 Å². The van der Waals surface area contributed by atoms with E-state index in [1.165, 1.54) is 6.92 Å². The summed E-state index contributed by atoms with van der Waals surface area (Å²) in [6.07, 6.45) is -5.34. The number of nitrogen functional groups attached to an aromatic ring is 1. The first-order valence-corrected chi connectivity index (χ1v) is 6.35. The summed E-state index contributed by atoms with van der Waals surface area (Å²) >= 11 is 0. The van der Waals surface area contributed by atoms with Gasteiger partial charge in [-0.05, 0) is 45.9 Å². The topological polar surface area (TPSA) is 64.3 Å². The Bertz CT molecular complexity index is 522. The molecule has 4 nitrogen and oxygen atoms in total. The zero-order valence-corrected chi connectivity index (χ0v) is 12.3. The number of carbonyl (C=O) groups excluding carboxylic acids is 1. The number of hydrogen-bond donors (Lipinski definition) is 2. The molecule has 1 unspecified atom stereocenters. The molecule has 0 radical (unpaired) electrons. The third-order valence-electron chi connectivity index (χ3n) is 2.51. The van der Waals surface area contributed by atoms with Crippen LogP contribution in [0.2, 0.25) is 0 Å². The molecule has 0 aromatic heterocycles. The number of amides is 1. The van der Waals surface area contributed by atoms with Crippen LogP contribution in [0.4, 0.5) is 18.9 Å². The van der Waals surface area contributed by atoms with Crippen molar-refractivity contribution in [1.29, 1.82) is 0 Å². The van der Waals surface area contributed by atoms with Gasteiger partial charge in [-0.3, -0.25) is 4.79 Å². The largest absolute Gasteiger partial charge is 0.479 e. The predicted molar refractivity (Wildman–Crippen MR) is 73.8 cm³/mol. The molecule has 0 heterocycles. The Hall–Kier alpha value is -1.92. The highest BCUT2D eigenvalue weighted by atomic mass is 19.4. The Morgan fingerprint density at radius 1 is 1.29 bits per heavy atom. The number of anilines is 1. The Morgan fingerprint density at radius 2 is 1.86 bits per heavy atom. The lowest BCUT2D eigenvalue weighted by molar-refractivity contribution is -0.137. The van der Waals surface area contributed by atoms with Crippen LogP contribution in [-0.4, -0.2) is 17.6 Å². The van der Waals surface area contributed by atoms with Crippen LogP contribution >= 0.6 is 0 Å². The molecule has 7 heteroatoms. The van der Waals surface area contributed by atoms with Crippen LogP contribution < -0.4 is 15.8 Å². The van der Waals surface area contributed by atoms with E-state index in [9.17, 15) is 18.0 Å². The maximum Gasteiger partial charge on any atom is 0.416 e. The van der Waals surface area contributed by atoms with Crippen molar-refractivity contribution in [1.82, 2.24) is 5.32 Å². The maximum absolute atomic E-state index is 12.5. The lowest BCUT2D eigenvalue weighted by Gasteiger charge is -2.24. The molecule has 0 saturated carbocycles. The fourth-order valence-corrected chi connectivity index (χ4v) is 1.55. The Kier molecular flexibility index (Phi) is 4.76. The number of hydrogen-bond acceptors (Lipinski definition) is 3. The van der Waals surface area contributed by atoms with E-state index in [4.69, 9.17) is 10.5 Å². The Labute approximate surface area is 121 Å². The number of rotatable bonds is 3. The highest BCUT2D eigenvalue weighted by molar-refractivity contribution is 5.81. The highest BCUT2D eigenvalue weighted by Gasteiger charge is 2.31. The van der Waals surface area contributed by atoms with E-state index in [1.807, 2.05) is 20.8 Å². The third-order valence-corrected chi connectivity index (χ3v) is 2.51. The van der Waals surface area contributed by atoms with Crippen LogP contribution in [-0.2, 0) is 11.0 Å². The number of halogens is 3. The van der Waals surface area contributed by atoms with E-state index in [1.54, 1.807) is 0 Å². The van der Waals surface area contributed by atoms with Crippen LogP contribution in [0.3, 0.4) is 0 Å². The second-order valence-electron chi connectivity index (χ2n) is 5.75. The van der Waals surface area contributed by atoms with Gasteiger partial charge >= 0.3 is 6.18 Å². The van der Waals surface area contributed by atoms with Crippen molar-refractivity contribution in [2.75, 3.05) is 5.73 Å². The first kappa shape index (κ1) is 17.1. The molecule has 0 fully saturated rings. The molecule has 0 saturated heterocycles. The summed E-state index contributed by atoms with van der Waals surface area (Å²) in [6.45, 7) is 6.93. The number of ether oxygens (including phenoxy) is 1. The average molecular weight is 304 g/mol. The molecule has 0 spiro atoms. The van der Waals surface area contributed by atoms with E-state index >= 15 is 0 Å². The second-order valence-corrected chi connectivity index (χ2v) is 5.75. The summed E-state index contributed by atoms with van der Waals surface area (Å²) in [5.74, 6) is -0.332. The van der Waals surface area contributed by atoms with E-state index < -0.39 is 23.4 Å². The van der Waals surface area contributed by atoms with Crippen molar-refractivity contribution in [3.05, 3.63) is 23.8 Å².